The zero-order valence-electron chi connectivity index (χ0n) is 28.1. The Morgan fingerprint density at radius 3 is 1.29 bits per heavy atom. The second-order valence-electron chi connectivity index (χ2n) is 12.5. The molecule has 0 radical (unpaired) electrons. The monoisotopic (exact) mass is 665 g/mol. The van der Waals surface area contributed by atoms with E-state index >= 15 is 0 Å². The number of fused-ring (bicyclic) bond motifs is 1. The van der Waals surface area contributed by atoms with Crippen LogP contribution >= 0.6 is 0 Å². The molecule has 5 aromatic carbocycles. The standard InChI is InChI=1S/C47H31N5/c1-3-14-32(15-4-1)43-31-44(33-16-5-2-6-17-33)52-47(51-43)35-19-13-18-34(28-35)37-24-25-38(40-21-8-7-20-39(37)40)36-29-45(41-22-9-11-26-48-41)50-46(30-36)42-23-10-12-27-49-42/h1-31H. The minimum atomic E-state index is 0.684. The Morgan fingerprint density at radius 2 is 0.750 bits per heavy atom. The molecule has 5 nitrogen and oxygen atoms in total. The maximum absolute atomic E-state index is 5.09. The van der Waals surface area contributed by atoms with E-state index in [1.807, 2.05) is 72.8 Å². The zero-order valence-corrected chi connectivity index (χ0v) is 28.1. The van der Waals surface area contributed by atoms with Crippen molar-refractivity contribution in [1.29, 1.82) is 0 Å². The zero-order chi connectivity index (χ0) is 34.7. The van der Waals surface area contributed by atoms with Crippen LogP contribution in [0.2, 0.25) is 0 Å². The van der Waals surface area contributed by atoms with E-state index in [0.717, 1.165) is 83.9 Å². The van der Waals surface area contributed by atoms with Crippen LogP contribution in [0.4, 0.5) is 0 Å². The Bertz CT molecular complexity index is 2550. The van der Waals surface area contributed by atoms with Gasteiger partial charge in [-0.15, -0.1) is 0 Å². The van der Waals surface area contributed by atoms with Crippen LogP contribution in [0.3, 0.4) is 0 Å². The Balaban J connectivity index is 1.17. The number of nitrogens with zero attached hydrogens (tertiary/aromatic N) is 5. The predicted molar refractivity (Wildman–Crippen MR) is 211 cm³/mol. The summed E-state index contributed by atoms with van der Waals surface area (Å²) in [6, 6.07) is 60.2. The third-order valence-electron chi connectivity index (χ3n) is 9.21. The molecule has 0 atom stereocenters. The van der Waals surface area contributed by atoms with Crippen LogP contribution in [-0.2, 0) is 0 Å². The quantitative estimate of drug-likeness (QED) is 0.169. The average molecular weight is 666 g/mol. The summed E-state index contributed by atoms with van der Waals surface area (Å²) in [5, 5.41) is 2.29. The van der Waals surface area contributed by atoms with E-state index < -0.39 is 0 Å². The van der Waals surface area contributed by atoms with E-state index in [0.29, 0.717) is 5.82 Å². The molecule has 0 spiro atoms. The Kier molecular flexibility index (Phi) is 8.12. The molecule has 52 heavy (non-hydrogen) atoms. The summed E-state index contributed by atoms with van der Waals surface area (Å²) in [5.74, 6) is 0.684. The minimum absolute atomic E-state index is 0.684. The lowest BCUT2D eigenvalue weighted by Gasteiger charge is -2.15. The smallest absolute Gasteiger partial charge is 0.160 e. The molecule has 9 aromatic rings. The van der Waals surface area contributed by atoms with E-state index in [-0.39, 0.29) is 0 Å². The molecule has 244 valence electrons. The second-order valence-corrected chi connectivity index (χ2v) is 12.5. The molecular weight excluding hydrogens is 635 g/mol. The predicted octanol–water partition coefficient (Wildman–Crippen LogP) is 11.5. The first-order valence-corrected chi connectivity index (χ1v) is 17.2. The van der Waals surface area contributed by atoms with Crippen molar-refractivity contribution in [3.63, 3.8) is 0 Å². The van der Waals surface area contributed by atoms with Crippen molar-refractivity contribution in [1.82, 2.24) is 24.9 Å². The number of hydrogen-bond acceptors (Lipinski definition) is 5. The van der Waals surface area contributed by atoms with Gasteiger partial charge in [0.1, 0.15) is 0 Å². The van der Waals surface area contributed by atoms with Crippen molar-refractivity contribution >= 4 is 10.8 Å². The summed E-state index contributed by atoms with van der Waals surface area (Å²) in [7, 11) is 0. The van der Waals surface area contributed by atoms with Gasteiger partial charge in [0.05, 0.1) is 34.2 Å². The van der Waals surface area contributed by atoms with Crippen LogP contribution in [0.25, 0.3) is 89.7 Å². The maximum atomic E-state index is 5.09. The molecule has 0 amide bonds. The number of aromatic nitrogens is 5. The molecular formula is C47H31N5. The molecule has 0 saturated heterocycles. The van der Waals surface area contributed by atoms with Crippen molar-refractivity contribution in [3.8, 4) is 78.9 Å². The fraction of sp³-hybridized carbons (Fsp3) is 0. The van der Waals surface area contributed by atoms with E-state index in [4.69, 9.17) is 15.0 Å². The van der Waals surface area contributed by atoms with Gasteiger partial charge in [0.15, 0.2) is 5.82 Å². The van der Waals surface area contributed by atoms with Crippen LogP contribution in [0.1, 0.15) is 0 Å². The highest BCUT2D eigenvalue weighted by Crippen LogP contribution is 2.39. The Labute approximate surface area is 302 Å². The molecule has 0 saturated carbocycles. The highest BCUT2D eigenvalue weighted by Gasteiger charge is 2.16. The minimum Gasteiger partial charge on any atom is -0.255 e. The average Bonchev–Trinajstić information content (AvgIpc) is 3.24. The van der Waals surface area contributed by atoms with Crippen LogP contribution in [-0.4, -0.2) is 24.9 Å². The van der Waals surface area contributed by atoms with Gasteiger partial charge in [0.25, 0.3) is 0 Å². The molecule has 0 aliphatic heterocycles. The first-order chi connectivity index (χ1) is 25.8. The summed E-state index contributed by atoms with van der Waals surface area (Å²) in [6.07, 6.45) is 3.60. The molecule has 0 aliphatic rings. The number of pyridine rings is 3. The number of benzene rings is 5. The molecule has 4 aromatic heterocycles. The summed E-state index contributed by atoms with van der Waals surface area (Å²) < 4.78 is 0. The Morgan fingerprint density at radius 1 is 0.269 bits per heavy atom. The third-order valence-corrected chi connectivity index (χ3v) is 9.21. The van der Waals surface area contributed by atoms with Gasteiger partial charge in [0, 0.05) is 29.1 Å². The van der Waals surface area contributed by atoms with Gasteiger partial charge in [-0.05, 0) is 81.6 Å². The van der Waals surface area contributed by atoms with Gasteiger partial charge in [-0.3, -0.25) is 9.97 Å². The third kappa shape index (κ3) is 6.12. The first-order valence-electron chi connectivity index (χ1n) is 17.2. The van der Waals surface area contributed by atoms with Crippen molar-refractivity contribution in [3.05, 3.63) is 188 Å². The van der Waals surface area contributed by atoms with E-state index in [9.17, 15) is 0 Å². The van der Waals surface area contributed by atoms with E-state index in [2.05, 4.69) is 113 Å². The second kappa shape index (κ2) is 13.7. The SMILES string of the molecule is c1ccc(-c2cc(-c3ccccc3)nc(-c3cccc(-c4ccc(-c5cc(-c6ccccn6)nc(-c6ccccn6)c5)c5ccccc45)c3)n2)cc1. The lowest BCUT2D eigenvalue weighted by atomic mass is 9.91. The molecule has 0 bridgehead atoms. The van der Waals surface area contributed by atoms with Gasteiger partial charge < -0.3 is 0 Å². The summed E-state index contributed by atoms with van der Waals surface area (Å²) in [5.41, 5.74) is 12.4. The fourth-order valence-electron chi connectivity index (χ4n) is 6.70. The lowest BCUT2D eigenvalue weighted by molar-refractivity contribution is 1.18. The number of rotatable bonds is 7. The summed E-state index contributed by atoms with van der Waals surface area (Å²) in [6.45, 7) is 0. The van der Waals surface area contributed by atoms with E-state index in [1.54, 1.807) is 12.4 Å². The Hall–Kier alpha value is -7.11. The molecule has 0 N–H and O–H groups in total. The molecule has 4 heterocycles. The summed E-state index contributed by atoms with van der Waals surface area (Å²) in [4.78, 5) is 24.4. The first kappa shape index (κ1) is 30.9. The van der Waals surface area contributed by atoms with Gasteiger partial charge >= 0.3 is 0 Å². The fourth-order valence-corrected chi connectivity index (χ4v) is 6.70. The highest BCUT2D eigenvalue weighted by molar-refractivity contribution is 6.05. The van der Waals surface area contributed by atoms with Crippen molar-refractivity contribution in [2.45, 2.75) is 0 Å². The topological polar surface area (TPSA) is 64.5 Å². The largest absolute Gasteiger partial charge is 0.255 e. The molecule has 0 unspecified atom stereocenters. The van der Waals surface area contributed by atoms with Gasteiger partial charge in [0.2, 0.25) is 0 Å². The van der Waals surface area contributed by atoms with Gasteiger partial charge in [-0.2, -0.15) is 0 Å². The highest BCUT2D eigenvalue weighted by atomic mass is 14.9. The molecule has 0 fully saturated rings. The number of hydrogen-bond donors (Lipinski definition) is 0. The van der Waals surface area contributed by atoms with Crippen LogP contribution < -0.4 is 0 Å². The van der Waals surface area contributed by atoms with E-state index in [1.165, 1.54) is 0 Å². The van der Waals surface area contributed by atoms with Crippen LogP contribution in [0.5, 0.6) is 0 Å². The lowest BCUT2D eigenvalue weighted by Crippen LogP contribution is -1.96. The van der Waals surface area contributed by atoms with Gasteiger partial charge in [-0.25, -0.2) is 15.0 Å². The van der Waals surface area contributed by atoms with Crippen LogP contribution in [0, 0.1) is 0 Å². The van der Waals surface area contributed by atoms with Gasteiger partial charge in [-0.1, -0.05) is 127 Å². The summed E-state index contributed by atoms with van der Waals surface area (Å²) >= 11 is 0. The maximum Gasteiger partial charge on any atom is 0.160 e. The molecule has 0 aliphatic carbocycles. The van der Waals surface area contributed by atoms with Crippen LogP contribution in [0.15, 0.2) is 188 Å². The van der Waals surface area contributed by atoms with Crippen molar-refractivity contribution in [2.24, 2.45) is 0 Å². The van der Waals surface area contributed by atoms with Crippen molar-refractivity contribution < 1.29 is 0 Å². The normalized spacial score (nSPS) is 11.1. The molecule has 5 heteroatoms. The molecule has 9 rings (SSSR count). The van der Waals surface area contributed by atoms with Crippen molar-refractivity contribution in [2.75, 3.05) is 0 Å².